The molecule has 0 aromatic rings. The van der Waals surface area contributed by atoms with Crippen molar-refractivity contribution < 1.29 is 0 Å². The van der Waals surface area contributed by atoms with E-state index in [1.807, 2.05) is 0 Å². The van der Waals surface area contributed by atoms with Gasteiger partial charge in [0.05, 0.1) is 0 Å². The summed E-state index contributed by atoms with van der Waals surface area (Å²) in [6.07, 6.45) is 8.58. The highest BCUT2D eigenvalue weighted by Gasteiger charge is 2.21. The third-order valence-electron chi connectivity index (χ3n) is 4.39. The Morgan fingerprint density at radius 1 is 1.06 bits per heavy atom. The van der Waals surface area contributed by atoms with Crippen LogP contribution in [-0.4, -0.2) is 37.1 Å². The van der Waals surface area contributed by atoms with Crippen LogP contribution in [0.5, 0.6) is 0 Å². The summed E-state index contributed by atoms with van der Waals surface area (Å²) in [6, 6.07) is 0.769. The minimum absolute atomic E-state index is 0.769. The summed E-state index contributed by atoms with van der Waals surface area (Å²) >= 11 is 0. The Morgan fingerprint density at radius 3 is 2.24 bits per heavy atom. The van der Waals surface area contributed by atoms with Crippen LogP contribution < -0.4 is 5.32 Å². The minimum atomic E-state index is 0.769. The maximum atomic E-state index is 3.80. The second-order valence-electron chi connectivity index (χ2n) is 5.39. The van der Waals surface area contributed by atoms with E-state index in [1.165, 1.54) is 58.2 Å². The van der Waals surface area contributed by atoms with Gasteiger partial charge in [-0.3, -0.25) is 0 Å². The van der Waals surface area contributed by atoms with Gasteiger partial charge in [-0.1, -0.05) is 40.0 Å². The quantitative estimate of drug-likeness (QED) is 0.700. The molecular weight excluding hydrogens is 208 g/mol. The van der Waals surface area contributed by atoms with Gasteiger partial charge in [-0.2, -0.15) is 0 Å². The van der Waals surface area contributed by atoms with Gasteiger partial charge >= 0.3 is 0 Å². The van der Waals surface area contributed by atoms with Gasteiger partial charge in [0.2, 0.25) is 0 Å². The molecule has 17 heavy (non-hydrogen) atoms. The lowest BCUT2D eigenvalue weighted by atomic mass is 9.83. The monoisotopic (exact) mass is 240 g/mol. The number of nitrogens with one attached hydrogen (secondary N) is 1. The first-order chi connectivity index (χ1) is 8.31. The summed E-state index contributed by atoms with van der Waals surface area (Å²) in [4.78, 5) is 2.50. The normalized spacial score (nSPS) is 19.8. The lowest BCUT2D eigenvalue weighted by Crippen LogP contribution is -2.41. The van der Waals surface area contributed by atoms with E-state index < -0.39 is 0 Å². The molecule has 0 radical (unpaired) electrons. The summed E-state index contributed by atoms with van der Waals surface area (Å²) in [6.45, 7) is 11.6. The Bertz CT molecular complexity index is 172. The number of likely N-dealkylation sites (N-methyl/N-ethyl adjacent to an activating group) is 1. The molecule has 0 aromatic heterocycles. The van der Waals surface area contributed by atoms with Crippen LogP contribution in [0, 0.1) is 5.92 Å². The molecule has 1 saturated carbocycles. The highest BCUT2D eigenvalue weighted by Crippen LogP contribution is 2.27. The van der Waals surface area contributed by atoms with Crippen molar-refractivity contribution in [3.63, 3.8) is 0 Å². The van der Waals surface area contributed by atoms with Crippen molar-refractivity contribution in [2.75, 3.05) is 26.2 Å². The van der Waals surface area contributed by atoms with Gasteiger partial charge in [0.25, 0.3) is 0 Å². The molecule has 0 bridgehead atoms. The van der Waals surface area contributed by atoms with E-state index in [0.29, 0.717) is 0 Å². The molecular formula is C15H32N2. The van der Waals surface area contributed by atoms with Gasteiger partial charge in [-0.05, 0) is 38.3 Å². The van der Waals surface area contributed by atoms with Crippen LogP contribution in [-0.2, 0) is 0 Å². The van der Waals surface area contributed by atoms with Crippen LogP contribution in [0.15, 0.2) is 0 Å². The average Bonchev–Trinajstić information content (AvgIpc) is 2.40. The van der Waals surface area contributed by atoms with Crippen LogP contribution in [0.3, 0.4) is 0 Å². The molecule has 1 fully saturated rings. The van der Waals surface area contributed by atoms with Gasteiger partial charge in [-0.25, -0.2) is 0 Å². The molecule has 0 amide bonds. The summed E-state index contributed by atoms with van der Waals surface area (Å²) in [5.41, 5.74) is 0. The van der Waals surface area contributed by atoms with E-state index in [2.05, 4.69) is 31.0 Å². The fraction of sp³-hybridized carbons (Fsp3) is 1.00. The molecule has 1 rings (SSSR count). The minimum Gasteiger partial charge on any atom is -0.312 e. The molecule has 0 spiro atoms. The predicted molar refractivity (Wildman–Crippen MR) is 76.4 cm³/mol. The molecule has 2 nitrogen and oxygen atoms in total. The predicted octanol–water partition coefficient (Wildman–Crippen LogP) is 3.28. The molecule has 0 aliphatic heterocycles. The molecule has 1 N–H and O–H groups in total. The molecule has 102 valence electrons. The van der Waals surface area contributed by atoms with Gasteiger partial charge in [0.1, 0.15) is 0 Å². The SMILES string of the molecule is CCC(NCCN(CC)CC)C1CCCCC1. The van der Waals surface area contributed by atoms with Gasteiger partial charge in [-0.15, -0.1) is 0 Å². The van der Waals surface area contributed by atoms with Crippen LogP contribution >= 0.6 is 0 Å². The van der Waals surface area contributed by atoms with Crippen molar-refractivity contribution in [3.8, 4) is 0 Å². The molecule has 0 aromatic carbocycles. The van der Waals surface area contributed by atoms with Crippen LogP contribution in [0.4, 0.5) is 0 Å². The van der Waals surface area contributed by atoms with Crippen molar-refractivity contribution in [1.82, 2.24) is 10.2 Å². The smallest absolute Gasteiger partial charge is 0.0107 e. The van der Waals surface area contributed by atoms with Crippen molar-refractivity contribution in [2.24, 2.45) is 5.92 Å². The van der Waals surface area contributed by atoms with Gasteiger partial charge in [0.15, 0.2) is 0 Å². The maximum absolute atomic E-state index is 3.80. The molecule has 1 unspecified atom stereocenters. The van der Waals surface area contributed by atoms with Crippen molar-refractivity contribution in [3.05, 3.63) is 0 Å². The first-order valence-electron chi connectivity index (χ1n) is 7.77. The molecule has 0 heterocycles. The number of nitrogens with zero attached hydrogens (tertiary/aromatic N) is 1. The summed E-state index contributed by atoms with van der Waals surface area (Å²) in [7, 11) is 0. The molecule has 1 aliphatic rings. The fourth-order valence-electron chi connectivity index (χ4n) is 3.13. The van der Waals surface area contributed by atoms with Crippen LogP contribution in [0.1, 0.15) is 59.3 Å². The number of hydrogen-bond acceptors (Lipinski definition) is 2. The number of hydrogen-bond donors (Lipinski definition) is 1. The third kappa shape index (κ3) is 5.39. The van der Waals surface area contributed by atoms with E-state index in [1.54, 1.807) is 0 Å². The Balaban J connectivity index is 2.21. The lowest BCUT2D eigenvalue weighted by Gasteiger charge is -2.31. The van der Waals surface area contributed by atoms with Crippen molar-refractivity contribution in [1.29, 1.82) is 0 Å². The van der Waals surface area contributed by atoms with E-state index >= 15 is 0 Å². The zero-order chi connectivity index (χ0) is 12.5. The van der Waals surface area contributed by atoms with E-state index in [4.69, 9.17) is 0 Å². The van der Waals surface area contributed by atoms with Crippen molar-refractivity contribution >= 4 is 0 Å². The molecule has 0 saturated heterocycles. The second kappa shape index (κ2) is 8.93. The largest absolute Gasteiger partial charge is 0.312 e. The van der Waals surface area contributed by atoms with Crippen LogP contribution in [0.2, 0.25) is 0 Å². The molecule has 2 heteroatoms. The lowest BCUT2D eigenvalue weighted by molar-refractivity contribution is 0.243. The number of rotatable bonds is 8. The van der Waals surface area contributed by atoms with E-state index in [0.717, 1.165) is 18.5 Å². The Labute approximate surface area is 108 Å². The summed E-state index contributed by atoms with van der Waals surface area (Å²) < 4.78 is 0. The molecule has 1 atom stereocenters. The van der Waals surface area contributed by atoms with Gasteiger partial charge in [0, 0.05) is 19.1 Å². The zero-order valence-corrected chi connectivity index (χ0v) is 12.2. The first kappa shape index (κ1) is 15.0. The Hall–Kier alpha value is -0.0800. The summed E-state index contributed by atoms with van der Waals surface area (Å²) in [5.74, 6) is 0.949. The topological polar surface area (TPSA) is 15.3 Å². The zero-order valence-electron chi connectivity index (χ0n) is 12.2. The first-order valence-corrected chi connectivity index (χ1v) is 7.77. The summed E-state index contributed by atoms with van der Waals surface area (Å²) in [5, 5.41) is 3.80. The standard InChI is InChI=1S/C15H32N2/c1-4-15(14-10-8-7-9-11-14)16-12-13-17(5-2)6-3/h14-16H,4-13H2,1-3H3. The van der Waals surface area contributed by atoms with E-state index in [-0.39, 0.29) is 0 Å². The second-order valence-corrected chi connectivity index (χ2v) is 5.39. The van der Waals surface area contributed by atoms with Gasteiger partial charge < -0.3 is 10.2 Å². The van der Waals surface area contributed by atoms with Crippen molar-refractivity contribution in [2.45, 2.75) is 65.3 Å². The third-order valence-corrected chi connectivity index (χ3v) is 4.39. The van der Waals surface area contributed by atoms with Crippen LogP contribution in [0.25, 0.3) is 0 Å². The Morgan fingerprint density at radius 2 is 1.71 bits per heavy atom. The average molecular weight is 240 g/mol. The van der Waals surface area contributed by atoms with E-state index in [9.17, 15) is 0 Å². The maximum Gasteiger partial charge on any atom is 0.0107 e. The highest BCUT2D eigenvalue weighted by atomic mass is 15.1. The highest BCUT2D eigenvalue weighted by molar-refractivity contribution is 4.78. The Kier molecular flexibility index (Phi) is 7.87. The molecule has 1 aliphatic carbocycles. The fourth-order valence-corrected chi connectivity index (χ4v) is 3.13.